The normalized spacial score (nSPS) is 17.9. The van der Waals surface area contributed by atoms with Gasteiger partial charge in [0.2, 0.25) is 11.8 Å². The fraction of sp³-hybridized carbons (Fsp3) is 0.714. The maximum absolute atomic E-state index is 12.0. The fourth-order valence-corrected chi connectivity index (χ4v) is 2.99. The number of piperidine rings is 1. The first kappa shape index (κ1) is 18.5. The second-order valence-electron chi connectivity index (χ2n) is 5.09. The van der Waals surface area contributed by atoms with Crippen molar-refractivity contribution in [2.75, 3.05) is 31.2 Å². The number of ketones is 1. The Balaban J connectivity index is 2.26. The molecule has 0 aromatic carbocycles. The molecule has 0 aromatic heterocycles. The van der Waals surface area contributed by atoms with Gasteiger partial charge in [-0.1, -0.05) is 0 Å². The summed E-state index contributed by atoms with van der Waals surface area (Å²) in [7, 11) is 0. The van der Waals surface area contributed by atoms with Crippen LogP contribution < -0.4 is 5.73 Å². The summed E-state index contributed by atoms with van der Waals surface area (Å²) in [6.45, 7) is 2.88. The number of nitrogens with zero attached hydrogens (tertiary/aromatic N) is 1. The van der Waals surface area contributed by atoms with Crippen molar-refractivity contribution in [3.8, 4) is 0 Å². The van der Waals surface area contributed by atoms with Gasteiger partial charge in [0.25, 0.3) is 0 Å². The summed E-state index contributed by atoms with van der Waals surface area (Å²) in [6.07, 6.45) is 1.21. The Bertz CT molecular complexity index is 441. The number of primary amides is 1. The van der Waals surface area contributed by atoms with E-state index in [9.17, 15) is 19.2 Å². The number of rotatable bonds is 8. The van der Waals surface area contributed by atoms with Crippen LogP contribution in [0.3, 0.4) is 0 Å². The van der Waals surface area contributed by atoms with Crippen LogP contribution in [-0.4, -0.2) is 59.7 Å². The van der Waals surface area contributed by atoms with Gasteiger partial charge >= 0.3 is 5.97 Å². The summed E-state index contributed by atoms with van der Waals surface area (Å²) in [5.74, 6) is -1.33. The van der Waals surface area contributed by atoms with Crippen molar-refractivity contribution in [1.29, 1.82) is 0 Å². The summed E-state index contributed by atoms with van der Waals surface area (Å²) in [4.78, 5) is 47.5. The number of amides is 2. The van der Waals surface area contributed by atoms with Crippen LogP contribution in [0, 0.1) is 5.92 Å². The Morgan fingerprint density at radius 2 is 2.00 bits per heavy atom. The van der Waals surface area contributed by atoms with E-state index in [4.69, 9.17) is 5.73 Å². The lowest BCUT2D eigenvalue weighted by Gasteiger charge is -2.31. The molecule has 7 nitrogen and oxygen atoms in total. The van der Waals surface area contributed by atoms with Crippen molar-refractivity contribution in [1.82, 2.24) is 4.90 Å². The molecule has 0 saturated carbocycles. The lowest BCUT2D eigenvalue weighted by Crippen LogP contribution is -2.44. The highest BCUT2D eigenvalue weighted by molar-refractivity contribution is 8.00. The van der Waals surface area contributed by atoms with Crippen LogP contribution >= 0.6 is 11.8 Å². The zero-order chi connectivity index (χ0) is 16.5. The van der Waals surface area contributed by atoms with E-state index in [1.54, 1.807) is 11.8 Å². The molecule has 124 valence electrons. The molecular formula is C14H22N2O5S. The van der Waals surface area contributed by atoms with E-state index < -0.39 is 5.97 Å². The number of Topliss-reactive ketones (excluding diaryl/α,β-unsaturated/α-hetero) is 1. The zero-order valence-electron chi connectivity index (χ0n) is 12.7. The molecule has 1 atom stereocenters. The van der Waals surface area contributed by atoms with Crippen LogP contribution in [0.25, 0.3) is 0 Å². The van der Waals surface area contributed by atoms with Gasteiger partial charge in [0.1, 0.15) is 6.42 Å². The molecule has 2 amide bonds. The van der Waals surface area contributed by atoms with Gasteiger partial charge in [0.05, 0.1) is 24.0 Å². The molecule has 1 aliphatic rings. The van der Waals surface area contributed by atoms with E-state index in [1.165, 1.54) is 11.8 Å². The molecule has 8 heteroatoms. The smallest absolute Gasteiger partial charge is 0.313 e. The Labute approximate surface area is 133 Å². The van der Waals surface area contributed by atoms with Crippen molar-refractivity contribution < 1.29 is 23.9 Å². The van der Waals surface area contributed by atoms with Crippen molar-refractivity contribution in [3.63, 3.8) is 0 Å². The first-order valence-corrected chi connectivity index (χ1v) is 8.41. The number of hydrogen-bond acceptors (Lipinski definition) is 6. The lowest BCUT2D eigenvalue weighted by atomic mass is 9.97. The minimum Gasteiger partial charge on any atom is -0.466 e. The first-order valence-electron chi connectivity index (χ1n) is 7.26. The second kappa shape index (κ2) is 9.45. The van der Waals surface area contributed by atoms with Gasteiger partial charge < -0.3 is 15.4 Å². The zero-order valence-corrected chi connectivity index (χ0v) is 13.5. The molecule has 0 radical (unpaired) electrons. The maximum atomic E-state index is 12.0. The number of hydrogen-bond donors (Lipinski definition) is 1. The molecule has 0 aromatic rings. The van der Waals surface area contributed by atoms with E-state index in [0.29, 0.717) is 19.5 Å². The quantitative estimate of drug-likeness (QED) is 0.494. The van der Waals surface area contributed by atoms with Crippen molar-refractivity contribution in [3.05, 3.63) is 0 Å². The second-order valence-corrected chi connectivity index (χ2v) is 6.08. The van der Waals surface area contributed by atoms with Gasteiger partial charge in [-0.25, -0.2) is 0 Å². The minimum atomic E-state index is -0.542. The third-order valence-electron chi connectivity index (χ3n) is 3.31. The topological polar surface area (TPSA) is 107 Å². The highest BCUT2D eigenvalue weighted by Crippen LogP contribution is 2.17. The Morgan fingerprint density at radius 3 is 2.64 bits per heavy atom. The number of ether oxygens (including phenoxy) is 1. The van der Waals surface area contributed by atoms with Gasteiger partial charge in [-0.15, -0.1) is 11.8 Å². The average Bonchev–Trinajstić information content (AvgIpc) is 2.47. The summed E-state index contributed by atoms with van der Waals surface area (Å²) in [6, 6.07) is 0. The van der Waals surface area contributed by atoms with E-state index >= 15 is 0 Å². The van der Waals surface area contributed by atoms with E-state index in [0.717, 1.165) is 6.42 Å². The molecule has 1 heterocycles. The van der Waals surface area contributed by atoms with E-state index in [2.05, 4.69) is 4.74 Å². The Morgan fingerprint density at radius 1 is 1.27 bits per heavy atom. The van der Waals surface area contributed by atoms with Crippen LogP contribution in [0.2, 0.25) is 0 Å². The number of thioether (sulfide) groups is 1. The van der Waals surface area contributed by atoms with Crippen LogP contribution in [-0.2, 0) is 23.9 Å². The van der Waals surface area contributed by atoms with Gasteiger partial charge in [-0.05, 0) is 19.8 Å². The summed E-state index contributed by atoms with van der Waals surface area (Å²) in [5, 5.41) is 0. The SMILES string of the molecule is CCOC(=O)CC(=O)CSCC(=O)N1CCCC(C(N)=O)C1. The Hall–Kier alpha value is -1.57. The highest BCUT2D eigenvalue weighted by Gasteiger charge is 2.26. The molecule has 0 spiro atoms. The van der Waals surface area contributed by atoms with E-state index in [-0.39, 0.29) is 48.0 Å². The molecule has 0 aliphatic carbocycles. The third kappa shape index (κ3) is 6.46. The van der Waals surface area contributed by atoms with Crippen LogP contribution in [0.1, 0.15) is 26.2 Å². The summed E-state index contributed by atoms with van der Waals surface area (Å²) < 4.78 is 4.68. The number of carbonyl (C=O) groups is 4. The maximum Gasteiger partial charge on any atom is 0.313 e. The van der Waals surface area contributed by atoms with Crippen molar-refractivity contribution in [2.45, 2.75) is 26.2 Å². The number of nitrogens with two attached hydrogens (primary N) is 1. The predicted octanol–water partition coefficient (Wildman–Crippen LogP) is -0.0342. The molecule has 2 N–H and O–H groups in total. The summed E-state index contributed by atoms with van der Waals surface area (Å²) >= 11 is 1.17. The fourth-order valence-electron chi connectivity index (χ4n) is 2.20. The van der Waals surface area contributed by atoms with E-state index in [1.807, 2.05) is 0 Å². The standard InChI is InChI=1S/C14H22N2O5S/c1-2-21-13(19)6-11(17)8-22-9-12(18)16-5-3-4-10(7-16)14(15)20/h10H,2-9H2,1H3,(H2,15,20). The molecule has 1 aliphatic heterocycles. The average molecular weight is 330 g/mol. The highest BCUT2D eigenvalue weighted by atomic mass is 32.2. The van der Waals surface area contributed by atoms with Crippen molar-refractivity contribution >= 4 is 35.3 Å². The molecule has 22 heavy (non-hydrogen) atoms. The Kier molecular flexibility index (Phi) is 7.94. The predicted molar refractivity (Wildman–Crippen MR) is 82.1 cm³/mol. The van der Waals surface area contributed by atoms with Gasteiger partial charge in [-0.3, -0.25) is 19.2 Å². The largest absolute Gasteiger partial charge is 0.466 e. The third-order valence-corrected chi connectivity index (χ3v) is 4.29. The first-order chi connectivity index (χ1) is 10.4. The summed E-state index contributed by atoms with van der Waals surface area (Å²) in [5.41, 5.74) is 5.27. The molecule has 1 fully saturated rings. The van der Waals surface area contributed by atoms with Crippen LogP contribution in [0.4, 0.5) is 0 Å². The number of carbonyl (C=O) groups excluding carboxylic acids is 4. The number of likely N-dealkylation sites (tertiary alicyclic amines) is 1. The van der Waals surface area contributed by atoms with Gasteiger partial charge in [0.15, 0.2) is 5.78 Å². The van der Waals surface area contributed by atoms with Gasteiger partial charge in [-0.2, -0.15) is 0 Å². The lowest BCUT2D eigenvalue weighted by molar-refractivity contribution is -0.145. The van der Waals surface area contributed by atoms with Crippen LogP contribution in [0.5, 0.6) is 0 Å². The molecule has 1 saturated heterocycles. The monoisotopic (exact) mass is 330 g/mol. The van der Waals surface area contributed by atoms with Crippen LogP contribution in [0.15, 0.2) is 0 Å². The minimum absolute atomic E-state index is 0.0949. The molecule has 1 rings (SSSR count). The molecule has 1 unspecified atom stereocenters. The number of esters is 1. The van der Waals surface area contributed by atoms with Crippen molar-refractivity contribution in [2.24, 2.45) is 11.7 Å². The molecule has 0 bridgehead atoms. The van der Waals surface area contributed by atoms with Gasteiger partial charge in [0, 0.05) is 13.1 Å². The molecular weight excluding hydrogens is 308 g/mol.